The van der Waals surface area contributed by atoms with E-state index < -0.39 is 17.1 Å². The van der Waals surface area contributed by atoms with E-state index in [2.05, 4.69) is 9.97 Å². The Kier molecular flexibility index (Phi) is 5.37. The van der Waals surface area contributed by atoms with Gasteiger partial charge < -0.3 is 29.0 Å². The van der Waals surface area contributed by atoms with Gasteiger partial charge in [-0.05, 0) is 43.3 Å². The number of benzene rings is 2. The number of hydrogen-bond donors (Lipinski definition) is 3. The van der Waals surface area contributed by atoms with Crippen molar-refractivity contribution in [2.75, 3.05) is 14.2 Å². The zero-order valence-corrected chi connectivity index (χ0v) is 19.1. The number of nitrogens with one attached hydrogen (secondary N) is 2. The van der Waals surface area contributed by atoms with Crippen LogP contribution in [0, 0.1) is 6.92 Å². The van der Waals surface area contributed by atoms with E-state index in [1.165, 1.54) is 13.2 Å². The fourth-order valence-electron chi connectivity index (χ4n) is 4.05. The van der Waals surface area contributed by atoms with Crippen LogP contribution >= 0.6 is 0 Å². The third-order valence-electron chi connectivity index (χ3n) is 5.71. The minimum Gasteiger partial charge on any atom is -0.501 e. The Balaban J connectivity index is 1.79. The molecule has 0 aliphatic heterocycles. The first-order valence-electron chi connectivity index (χ1n) is 10.7. The van der Waals surface area contributed by atoms with Gasteiger partial charge in [0.15, 0.2) is 5.76 Å². The molecular formula is C26H21N3O6. The Hall–Kier alpha value is -4.79. The number of imidazole rings is 1. The number of methoxy groups -OCH3 is 2. The van der Waals surface area contributed by atoms with Crippen molar-refractivity contribution >= 4 is 16.9 Å². The number of aromatic amines is 2. The number of fused-ring (bicyclic) bond motifs is 1. The van der Waals surface area contributed by atoms with Crippen molar-refractivity contribution in [2.24, 2.45) is 0 Å². The van der Waals surface area contributed by atoms with Crippen LogP contribution < -0.4 is 10.2 Å². The maximum atomic E-state index is 12.4. The lowest BCUT2D eigenvalue weighted by molar-refractivity contribution is 0.0603. The number of rotatable bonds is 5. The fraction of sp³-hybridized carbons (Fsp3) is 0.115. The van der Waals surface area contributed by atoms with E-state index in [4.69, 9.17) is 18.9 Å². The van der Waals surface area contributed by atoms with Crippen LogP contribution in [0.5, 0.6) is 11.5 Å². The largest absolute Gasteiger partial charge is 0.501 e. The third kappa shape index (κ3) is 3.72. The second-order valence-electron chi connectivity index (χ2n) is 7.86. The topological polar surface area (TPSA) is 130 Å². The van der Waals surface area contributed by atoms with Crippen LogP contribution in [0.4, 0.5) is 0 Å². The van der Waals surface area contributed by atoms with Gasteiger partial charge in [-0.25, -0.2) is 9.78 Å². The zero-order chi connectivity index (χ0) is 24.7. The van der Waals surface area contributed by atoms with Gasteiger partial charge in [0.2, 0.25) is 11.2 Å². The van der Waals surface area contributed by atoms with E-state index >= 15 is 0 Å². The summed E-state index contributed by atoms with van der Waals surface area (Å²) in [6, 6.07) is 13.7. The molecule has 5 rings (SSSR count). The number of aryl methyl sites for hydroxylation is 1. The summed E-state index contributed by atoms with van der Waals surface area (Å²) in [5.74, 6) is 0.343. The number of ether oxygens (including phenoxy) is 2. The van der Waals surface area contributed by atoms with Crippen molar-refractivity contribution in [3.8, 4) is 45.6 Å². The van der Waals surface area contributed by atoms with Gasteiger partial charge in [0.1, 0.15) is 28.7 Å². The minimum atomic E-state index is -0.569. The summed E-state index contributed by atoms with van der Waals surface area (Å²) in [4.78, 5) is 35.9. The van der Waals surface area contributed by atoms with E-state index in [0.717, 1.165) is 5.52 Å². The second kappa shape index (κ2) is 8.53. The molecule has 0 saturated carbocycles. The normalized spacial score (nSPS) is 11.1. The van der Waals surface area contributed by atoms with Gasteiger partial charge in [-0.3, -0.25) is 4.79 Å². The highest BCUT2D eigenvalue weighted by Gasteiger charge is 2.24. The van der Waals surface area contributed by atoms with Gasteiger partial charge in [0.25, 0.3) is 0 Å². The molecule has 0 radical (unpaired) electrons. The minimum absolute atomic E-state index is 0.0346. The summed E-state index contributed by atoms with van der Waals surface area (Å²) >= 11 is 0. The number of carbonyl (C=O) groups excluding carboxylic acids is 1. The molecule has 2 aromatic carbocycles. The Bertz CT molecular complexity index is 1630. The molecule has 0 unspecified atom stereocenters. The molecule has 0 spiro atoms. The van der Waals surface area contributed by atoms with Crippen molar-refractivity contribution in [2.45, 2.75) is 6.92 Å². The molecule has 35 heavy (non-hydrogen) atoms. The molecular weight excluding hydrogens is 450 g/mol. The molecule has 176 valence electrons. The van der Waals surface area contributed by atoms with Crippen molar-refractivity contribution in [1.82, 2.24) is 15.0 Å². The first-order chi connectivity index (χ1) is 16.9. The Labute approximate surface area is 199 Å². The number of H-pyrrole nitrogens is 2. The Morgan fingerprint density at radius 3 is 2.60 bits per heavy atom. The quantitative estimate of drug-likeness (QED) is 0.318. The van der Waals surface area contributed by atoms with E-state index in [-0.39, 0.29) is 5.76 Å². The smallest absolute Gasteiger partial charge is 0.338 e. The monoisotopic (exact) mass is 471 g/mol. The SMILES string of the molecule is COC(=O)c1cccc2[nH]cc(-c3nc(-c4ccc(OC)cc4)c(-c4oc(C)cc(=O)c4O)[nH]3)c12. The fourth-order valence-corrected chi connectivity index (χ4v) is 4.05. The Morgan fingerprint density at radius 1 is 1.11 bits per heavy atom. The average Bonchev–Trinajstić information content (AvgIpc) is 3.50. The van der Waals surface area contributed by atoms with Crippen LogP contribution in [-0.2, 0) is 4.74 Å². The molecule has 0 aliphatic rings. The summed E-state index contributed by atoms with van der Waals surface area (Å²) in [6.45, 7) is 1.62. The number of carbonyl (C=O) groups is 1. The lowest BCUT2D eigenvalue weighted by Crippen LogP contribution is -2.02. The van der Waals surface area contributed by atoms with E-state index in [1.54, 1.807) is 44.5 Å². The molecule has 0 aliphatic carbocycles. The van der Waals surface area contributed by atoms with Gasteiger partial charge in [-0.15, -0.1) is 0 Å². The number of esters is 1. The molecule has 0 saturated heterocycles. The standard InChI is InChI=1S/C26H21N3O6/c1-13-11-19(30)23(31)24(35-13)22-21(14-7-9-15(33-2)10-8-14)28-25(29-22)17-12-27-18-6-4-5-16(20(17)18)26(32)34-3/h4-12,27,31H,1-3H3,(H,28,29). The molecule has 9 heteroatoms. The molecule has 0 amide bonds. The maximum absolute atomic E-state index is 12.4. The molecule has 0 bridgehead atoms. The average molecular weight is 471 g/mol. The van der Waals surface area contributed by atoms with Gasteiger partial charge in [-0.1, -0.05) is 6.07 Å². The van der Waals surface area contributed by atoms with Crippen LogP contribution in [0.3, 0.4) is 0 Å². The molecule has 3 aromatic heterocycles. The molecule has 0 atom stereocenters. The lowest BCUT2D eigenvalue weighted by atomic mass is 10.1. The van der Waals surface area contributed by atoms with Crippen molar-refractivity contribution in [3.63, 3.8) is 0 Å². The van der Waals surface area contributed by atoms with Crippen molar-refractivity contribution < 1.29 is 23.8 Å². The van der Waals surface area contributed by atoms with E-state index in [9.17, 15) is 14.7 Å². The highest BCUT2D eigenvalue weighted by atomic mass is 16.5. The number of nitrogens with zero attached hydrogens (tertiary/aromatic N) is 1. The molecule has 3 heterocycles. The maximum Gasteiger partial charge on any atom is 0.338 e. The molecule has 3 N–H and O–H groups in total. The van der Waals surface area contributed by atoms with Gasteiger partial charge in [-0.2, -0.15) is 0 Å². The Morgan fingerprint density at radius 2 is 1.89 bits per heavy atom. The summed E-state index contributed by atoms with van der Waals surface area (Å²) in [5.41, 5.74) is 2.58. The highest BCUT2D eigenvalue weighted by Crippen LogP contribution is 2.39. The predicted molar refractivity (Wildman–Crippen MR) is 130 cm³/mol. The van der Waals surface area contributed by atoms with Crippen LogP contribution in [-0.4, -0.2) is 40.2 Å². The number of aromatic nitrogens is 3. The van der Waals surface area contributed by atoms with Crippen LogP contribution in [0.15, 0.2) is 63.9 Å². The van der Waals surface area contributed by atoms with Crippen molar-refractivity contribution in [1.29, 1.82) is 0 Å². The van der Waals surface area contributed by atoms with Gasteiger partial charge in [0.05, 0.1) is 19.8 Å². The number of aromatic hydroxyl groups is 1. The molecule has 9 nitrogen and oxygen atoms in total. The first-order valence-corrected chi connectivity index (χ1v) is 10.7. The van der Waals surface area contributed by atoms with Crippen LogP contribution in [0.1, 0.15) is 16.1 Å². The van der Waals surface area contributed by atoms with Gasteiger partial charge in [0, 0.05) is 34.3 Å². The third-order valence-corrected chi connectivity index (χ3v) is 5.71. The summed E-state index contributed by atoms with van der Waals surface area (Å²) in [5, 5.41) is 11.2. The predicted octanol–water partition coefficient (Wildman–Crippen LogP) is 4.65. The van der Waals surface area contributed by atoms with Crippen molar-refractivity contribution in [3.05, 3.63) is 76.3 Å². The summed E-state index contributed by atoms with van der Waals surface area (Å²) in [6.07, 6.45) is 1.73. The summed E-state index contributed by atoms with van der Waals surface area (Å²) < 4.78 is 16.0. The zero-order valence-electron chi connectivity index (χ0n) is 19.1. The molecule has 0 fully saturated rings. The van der Waals surface area contributed by atoms with Gasteiger partial charge >= 0.3 is 5.97 Å². The van der Waals surface area contributed by atoms with E-state index in [1.807, 2.05) is 18.2 Å². The van der Waals surface area contributed by atoms with Crippen LogP contribution in [0.2, 0.25) is 0 Å². The highest BCUT2D eigenvalue weighted by molar-refractivity contribution is 6.09. The second-order valence-corrected chi connectivity index (χ2v) is 7.86. The van der Waals surface area contributed by atoms with E-state index in [0.29, 0.717) is 50.8 Å². The lowest BCUT2D eigenvalue weighted by Gasteiger charge is -2.06. The molecule has 5 aromatic rings. The summed E-state index contributed by atoms with van der Waals surface area (Å²) in [7, 11) is 2.89. The van der Waals surface area contributed by atoms with Crippen LogP contribution in [0.25, 0.3) is 45.0 Å². The number of hydrogen-bond acceptors (Lipinski definition) is 7. The first kappa shape index (κ1) is 22.0.